The van der Waals surface area contributed by atoms with Gasteiger partial charge in [-0.25, -0.2) is 0 Å². The minimum atomic E-state index is -0.302. The lowest BCUT2D eigenvalue weighted by Gasteiger charge is -2.12. The first-order valence-electron chi connectivity index (χ1n) is 7.08. The molecule has 3 rings (SSSR count). The van der Waals surface area contributed by atoms with E-state index < -0.39 is 0 Å². The summed E-state index contributed by atoms with van der Waals surface area (Å²) >= 11 is 0. The summed E-state index contributed by atoms with van der Waals surface area (Å²) in [5, 5.41) is 2.93. The Hall–Kier alpha value is -2.27. The second kappa shape index (κ2) is 6.45. The van der Waals surface area contributed by atoms with Crippen molar-refractivity contribution in [3.05, 3.63) is 48.4 Å². The maximum absolute atomic E-state index is 12.0. The Morgan fingerprint density at radius 2 is 2.24 bits per heavy atom. The monoisotopic (exact) mass is 283 g/mol. The Labute approximate surface area is 123 Å². The first-order valence-corrected chi connectivity index (χ1v) is 7.08. The number of nitrogens with zero attached hydrogens (tertiary/aromatic N) is 2. The number of aromatic nitrogens is 2. The second-order valence-electron chi connectivity index (χ2n) is 4.97. The molecule has 1 fully saturated rings. The number of nitrogens with one attached hydrogen (secondary N) is 1. The standard InChI is InChI=1S/C16H17N3O2/c20-16(14-6-3-9-21-14)19-11-13-5-2-8-18-15(13)12-4-1-7-17-10-12/h1-2,4-5,7-8,10,14H,3,6,9,11H2,(H,19,20). The van der Waals surface area contributed by atoms with E-state index in [0.717, 1.165) is 29.7 Å². The molecule has 1 amide bonds. The van der Waals surface area contributed by atoms with Crippen LogP contribution < -0.4 is 5.32 Å². The molecule has 21 heavy (non-hydrogen) atoms. The van der Waals surface area contributed by atoms with Gasteiger partial charge in [-0.15, -0.1) is 0 Å². The molecule has 1 saturated heterocycles. The second-order valence-corrected chi connectivity index (χ2v) is 4.97. The number of amides is 1. The third-order valence-corrected chi connectivity index (χ3v) is 3.50. The smallest absolute Gasteiger partial charge is 0.249 e. The molecule has 3 heterocycles. The van der Waals surface area contributed by atoms with Crippen LogP contribution in [0.5, 0.6) is 0 Å². The van der Waals surface area contributed by atoms with Gasteiger partial charge in [0.25, 0.3) is 0 Å². The maximum Gasteiger partial charge on any atom is 0.249 e. The Balaban J connectivity index is 1.72. The molecular weight excluding hydrogens is 266 g/mol. The van der Waals surface area contributed by atoms with Crippen LogP contribution in [0.2, 0.25) is 0 Å². The van der Waals surface area contributed by atoms with Gasteiger partial charge in [0.15, 0.2) is 0 Å². The molecular formula is C16H17N3O2. The zero-order valence-electron chi connectivity index (χ0n) is 11.7. The predicted molar refractivity (Wildman–Crippen MR) is 78.3 cm³/mol. The number of hydrogen-bond donors (Lipinski definition) is 1. The lowest BCUT2D eigenvalue weighted by Crippen LogP contribution is -2.33. The molecule has 0 radical (unpaired) electrons. The fraction of sp³-hybridized carbons (Fsp3) is 0.312. The van der Waals surface area contributed by atoms with Crippen molar-refractivity contribution in [2.24, 2.45) is 0 Å². The van der Waals surface area contributed by atoms with E-state index in [1.165, 1.54) is 0 Å². The molecule has 1 unspecified atom stereocenters. The summed E-state index contributed by atoms with van der Waals surface area (Å²) in [6, 6.07) is 7.66. The molecule has 1 atom stereocenters. The van der Waals surface area contributed by atoms with Gasteiger partial charge in [-0.2, -0.15) is 0 Å². The van der Waals surface area contributed by atoms with E-state index in [0.29, 0.717) is 13.2 Å². The van der Waals surface area contributed by atoms with Crippen LogP contribution in [0, 0.1) is 0 Å². The van der Waals surface area contributed by atoms with E-state index >= 15 is 0 Å². The fourth-order valence-corrected chi connectivity index (χ4v) is 2.42. The van der Waals surface area contributed by atoms with Crippen molar-refractivity contribution in [1.29, 1.82) is 0 Å². The summed E-state index contributed by atoms with van der Waals surface area (Å²) < 4.78 is 5.38. The Morgan fingerprint density at radius 1 is 1.33 bits per heavy atom. The third kappa shape index (κ3) is 3.25. The Bertz CT molecular complexity index is 610. The van der Waals surface area contributed by atoms with Gasteiger partial charge < -0.3 is 10.1 Å². The largest absolute Gasteiger partial charge is 0.368 e. The van der Waals surface area contributed by atoms with Crippen molar-refractivity contribution in [2.45, 2.75) is 25.5 Å². The molecule has 5 nitrogen and oxygen atoms in total. The normalized spacial score (nSPS) is 17.6. The van der Waals surface area contributed by atoms with Gasteiger partial charge in [0.2, 0.25) is 5.91 Å². The molecule has 0 aliphatic carbocycles. The number of carbonyl (C=O) groups excluding carboxylic acids is 1. The molecule has 1 aliphatic heterocycles. The van der Waals surface area contributed by atoms with Crippen molar-refractivity contribution in [2.75, 3.05) is 6.61 Å². The zero-order chi connectivity index (χ0) is 14.5. The summed E-state index contributed by atoms with van der Waals surface area (Å²) in [4.78, 5) is 20.5. The molecule has 0 saturated carbocycles. The van der Waals surface area contributed by atoms with E-state index in [9.17, 15) is 4.79 Å². The van der Waals surface area contributed by atoms with Gasteiger partial charge in [-0.05, 0) is 36.6 Å². The van der Waals surface area contributed by atoms with Crippen molar-refractivity contribution >= 4 is 5.91 Å². The summed E-state index contributed by atoms with van der Waals surface area (Å²) in [7, 11) is 0. The third-order valence-electron chi connectivity index (χ3n) is 3.50. The van der Waals surface area contributed by atoms with Crippen LogP contribution in [0.25, 0.3) is 11.3 Å². The molecule has 0 aromatic carbocycles. The number of rotatable bonds is 4. The number of ether oxygens (including phenoxy) is 1. The molecule has 1 aliphatic rings. The van der Waals surface area contributed by atoms with Crippen LogP contribution in [0.4, 0.5) is 0 Å². The minimum Gasteiger partial charge on any atom is -0.368 e. The lowest BCUT2D eigenvalue weighted by atomic mass is 10.1. The molecule has 2 aromatic rings. The van der Waals surface area contributed by atoms with Gasteiger partial charge in [-0.1, -0.05) is 6.07 Å². The predicted octanol–water partition coefficient (Wildman–Crippen LogP) is 1.94. The molecule has 108 valence electrons. The average Bonchev–Trinajstić information content (AvgIpc) is 3.08. The lowest BCUT2D eigenvalue weighted by molar-refractivity contribution is -0.130. The first-order chi connectivity index (χ1) is 10.3. The molecule has 2 aromatic heterocycles. The van der Waals surface area contributed by atoms with Crippen LogP contribution in [-0.2, 0) is 16.1 Å². The number of hydrogen-bond acceptors (Lipinski definition) is 4. The summed E-state index contributed by atoms with van der Waals surface area (Å²) in [6.07, 6.45) is 6.69. The van der Waals surface area contributed by atoms with Crippen molar-refractivity contribution in [1.82, 2.24) is 15.3 Å². The first kappa shape index (κ1) is 13.7. The van der Waals surface area contributed by atoms with E-state index in [4.69, 9.17) is 4.74 Å². The Morgan fingerprint density at radius 3 is 3.00 bits per heavy atom. The highest BCUT2D eigenvalue weighted by Crippen LogP contribution is 2.20. The highest BCUT2D eigenvalue weighted by molar-refractivity contribution is 5.81. The highest BCUT2D eigenvalue weighted by Gasteiger charge is 2.23. The van der Waals surface area contributed by atoms with Crippen molar-refractivity contribution < 1.29 is 9.53 Å². The highest BCUT2D eigenvalue weighted by atomic mass is 16.5. The van der Waals surface area contributed by atoms with Gasteiger partial charge in [0, 0.05) is 37.3 Å². The molecule has 0 bridgehead atoms. The topological polar surface area (TPSA) is 64.1 Å². The van der Waals surface area contributed by atoms with E-state index in [1.54, 1.807) is 18.6 Å². The fourth-order valence-electron chi connectivity index (χ4n) is 2.42. The van der Waals surface area contributed by atoms with Crippen LogP contribution in [-0.4, -0.2) is 28.6 Å². The SMILES string of the molecule is O=C(NCc1cccnc1-c1cccnc1)C1CCCO1. The van der Waals surface area contributed by atoms with Gasteiger partial charge in [-0.3, -0.25) is 14.8 Å². The quantitative estimate of drug-likeness (QED) is 0.931. The summed E-state index contributed by atoms with van der Waals surface area (Å²) in [5.41, 5.74) is 2.76. The van der Waals surface area contributed by atoms with E-state index in [2.05, 4.69) is 15.3 Å². The average molecular weight is 283 g/mol. The van der Waals surface area contributed by atoms with Gasteiger partial charge in [0.05, 0.1) is 5.69 Å². The van der Waals surface area contributed by atoms with Crippen LogP contribution >= 0.6 is 0 Å². The van der Waals surface area contributed by atoms with Crippen LogP contribution in [0.1, 0.15) is 18.4 Å². The number of pyridine rings is 2. The van der Waals surface area contributed by atoms with Crippen molar-refractivity contribution in [3.8, 4) is 11.3 Å². The minimum absolute atomic E-state index is 0.0477. The summed E-state index contributed by atoms with van der Waals surface area (Å²) in [6.45, 7) is 1.11. The van der Waals surface area contributed by atoms with Crippen LogP contribution in [0.3, 0.4) is 0 Å². The number of carbonyl (C=O) groups is 1. The maximum atomic E-state index is 12.0. The Kier molecular flexibility index (Phi) is 4.21. The zero-order valence-corrected chi connectivity index (χ0v) is 11.7. The van der Waals surface area contributed by atoms with Crippen LogP contribution in [0.15, 0.2) is 42.9 Å². The van der Waals surface area contributed by atoms with Gasteiger partial charge >= 0.3 is 0 Å². The molecule has 5 heteroatoms. The van der Waals surface area contributed by atoms with E-state index in [1.807, 2.05) is 24.3 Å². The molecule has 1 N–H and O–H groups in total. The van der Waals surface area contributed by atoms with E-state index in [-0.39, 0.29) is 12.0 Å². The van der Waals surface area contributed by atoms with Crippen molar-refractivity contribution in [3.63, 3.8) is 0 Å². The van der Waals surface area contributed by atoms with Gasteiger partial charge in [0.1, 0.15) is 6.10 Å². The summed E-state index contributed by atoms with van der Waals surface area (Å²) in [5.74, 6) is -0.0477. The molecule has 0 spiro atoms.